The van der Waals surface area contributed by atoms with E-state index in [1.165, 1.54) is 0 Å². The van der Waals surface area contributed by atoms with E-state index in [0.29, 0.717) is 121 Å². The second-order valence-electron chi connectivity index (χ2n) is 28.1. The van der Waals surface area contributed by atoms with Crippen LogP contribution in [0.15, 0.2) is 104 Å². The van der Waals surface area contributed by atoms with E-state index < -0.39 is 33.3 Å². The van der Waals surface area contributed by atoms with E-state index in [1.54, 1.807) is 33.7 Å². The highest BCUT2D eigenvalue weighted by Gasteiger charge is 2.47. The molecule has 0 spiro atoms. The largest absolute Gasteiger partial charge is 0.479 e. The van der Waals surface area contributed by atoms with Gasteiger partial charge in [-0.25, -0.2) is 33.4 Å². The van der Waals surface area contributed by atoms with E-state index in [-0.39, 0.29) is 43.4 Å². The lowest BCUT2D eigenvalue weighted by Crippen LogP contribution is -2.46. The molecular formula is C72H97N11O12Si2. The van der Waals surface area contributed by atoms with Crippen molar-refractivity contribution in [1.29, 1.82) is 0 Å². The third-order valence-electron chi connectivity index (χ3n) is 18.5. The minimum absolute atomic E-state index is 0.0152. The highest BCUT2D eigenvalue weighted by atomic mass is 28.3. The standard InChI is InChI=1S/C43H66N6O7Si2.C29H31N5O5/c1-33(2)38-39(34-16-18-43(19-17-34,56-23-21-52-4)42(50)55-22-20-51-3)46-40-37(35-28-44-48(30-35)36-14-12-11-13-15-36)29-45-49(40)41(38)47(31-53-24-26-57(5,6)7)32-54-25-27-58(8,9)10;1-38-14-15-39-29(28(36)37)12-10-19(11-13-29)26-25-23(8-5-9-24(25)35)34-27(32-26)22(17-31-34)20-16-30-33(18-20)21-6-3-2-4-7-21/h11-15,28-30,34H,1,16-27,31-32H2,2-10H3;2-4,6-7,16-19H,5,8-15H2,1H3,(H,36,37). The third-order valence-corrected chi connectivity index (χ3v) is 21.9. The predicted octanol–water partition coefficient (Wildman–Crippen LogP) is 12.5. The van der Waals surface area contributed by atoms with Crippen molar-refractivity contribution in [3.05, 3.63) is 133 Å². The molecule has 6 aromatic heterocycles. The van der Waals surface area contributed by atoms with Gasteiger partial charge in [0.2, 0.25) is 0 Å². The number of aryl methyl sites for hydroxylation is 1. The molecule has 0 aliphatic heterocycles. The fourth-order valence-electron chi connectivity index (χ4n) is 13.0. The first-order chi connectivity index (χ1) is 46.7. The molecule has 2 fully saturated rings. The number of carbonyl (C=O) groups is 3. The van der Waals surface area contributed by atoms with Gasteiger partial charge in [0, 0.05) is 109 Å². The number of nitrogens with zero attached hydrogens (tertiary/aromatic N) is 11. The van der Waals surface area contributed by atoms with Crippen LogP contribution in [0.1, 0.15) is 116 Å². The van der Waals surface area contributed by atoms with Crippen molar-refractivity contribution in [2.24, 2.45) is 0 Å². The molecule has 25 heteroatoms. The van der Waals surface area contributed by atoms with Crippen molar-refractivity contribution >= 4 is 56.6 Å². The Morgan fingerprint density at radius 1 is 0.608 bits per heavy atom. The number of rotatable bonds is 31. The van der Waals surface area contributed by atoms with Crippen LogP contribution >= 0.6 is 0 Å². The molecule has 0 bridgehead atoms. The van der Waals surface area contributed by atoms with Gasteiger partial charge in [-0.15, -0.1) is 0 Å². The van der Waals surface area contributed by atoms with Crippen LogP contribution in [-0.4, -0.2) is 187 Å². The van der Waals surface area contributed by atoms with Gasteiger partial charge in [-0.05, 0) is 113 Å². The molecular weight excluding hydrogens is 1270 g/mol. The lowest BCUT2D eigenvalue weighted by molar-refractivity contribution is -0.181. The van der Waals surface area contributed by atoms with Crippen LogP contribution in [0.2, 0.25) is 51.4 Å². The first kappa shape index (κ1) is 72.2. The lowest BCUT2D eigenvalue weighted by atomic mass is 9.75. The Morgan fingerprint density at radius 3 is 1.59 bits per heavy atom. The summed E-state index contributed by atoms with van der Waals surface area (Å²) in [6.07, 6.45) is 17.3. The lowest BCUT2D eigenvalue weighted by Gasteiger charge is -2.38. The summed E-state index contributed by atoms with van der Waals surface area (Å²) < 4.78 is 53.7. The number of anilines is 1. The Kier molecular flexibility index (Phi) is 24.1. The molecule has 3 aliphatic carbocycles. The zero-order valence-electron chi connectivity index (χ0n) is 58.2. The van der Waals surface area contributed by atoms with Gasteiger partial charge >= 0.3 is 11.9 Å². The van der Waals surface area contributed by atoms with Crippen LogP contribution in [-0.2, 0) is 53.9 Å². The van der Waals surface area contributed by atoms with Crippen LogP contribution < -0.4 is 4.90 Å². The monoisotopic (exact) mass is 1360 g/mol. The quantitative estimate of drug-likeness (QED) is 0.0184. The van der Waals surface area contributed by atoms with Gasteiger partial charge in [0.25, 0.3) is 0 Å². The van der Waals surface area contributed by atoms with Crippen molar-refractivity contribution in [2.75, 3.05) is 92.5 Å². The van der Waals surface area contributed by atoms with Crippen LogP contribution in [0.3, 0.4) is 0 Å². The predicted molar refractivity (Wildman–Crippen MR) is 377 cm³/mol. The Balaban J connectivity index is 0.000000226. The van der Waals surface area contributed by atoms with Gasteiger partial charge in [0.1, 0.15) is 25.9 Å². The van der Waals surface area contributed by atoms with Crippen LogP contribution in [0, 0.1) is 0 Å². The summed E-state index contributed by atoms with van der Waals surface area (Å²) in [5, 5.41) is 28.9. The van der Waals surface area contributed by atoms with Crippen LogP contribution in [0.5, 0.6) is 0 Å². The fraction of sp³-hybridized carbons (Fsp3) is 0.514. The summed E-state index contributed by atoms with van der Waals surface area (Å²) in [6.45, 7) is 24.3. The van der Waals surface area contributed by atoms with Crippen molar-refractivity contribution in [1.82, 2.24) is 48.8 Å². The number of ether oxygens (including phenoxy) is 8. The number of fused-ring (bicyclic) bond motifs is 4. The zero-order chi connectivity index (χ0) is 68.9. The third kappa shape index (κ3) is 17.3. The number of allylic oxidation sites excluding steroid dienone is 1. The van der Waals surface area contributed by atoms with Crippen molar-refractivity contribution in [3.8, 4) is 33.6 Å². The number of carboxylic acids is 1. The first-order valence-corrected chi connectivity index (χ1v) is 41.4. The number of hydrogen-bond donors (Lipinski definition) is 1. The number of para-hydroxylation sites is 2. The summed E-state index contributed by atoms with van der Waals surface area (Å²) in [7, 11) is 2.09. The van der Waals surface area contributed by atoms with E-state index >= 15 is 0 Å². The number of Topliss-reactive ketones (excluding diaryl/α,β-unsaturated/α-hetero) is 1. The smallest absolute Gasteiger partial charge is 0.338 e. The highest BCUT2D eigenvalue weighted by molar-refractivity contribution is 6.76. The maximum Gasteiger partial charge on any atom is 0.338 e. The maximum atomic E-state index is 13.6. The van der Waals surface area contributed by atoms with Crippen LogP contribution in [0.4, 0.5) is 5.82 Å². The number of hydrogen-bond acceptors (Lipinski definition) is 18. The first-order valence-electron chi connectivity index (χ1n) is 33.9. The van der Waals surface area contributed by atoms with E-state index in [9.17, 15) is 19.5 Å². The molecule has 0 amide bonds. The minimum atomic E-state index is -1.34. The number of carboxylic acid groups (broad SMARTS) is 1. The van der Waals surface area contributed by atoms with E-state index in [0.717, 1.165) is 92.6 Å². The molecule has 8 aromatic rings. The molecule has 2 saturated carbocycles. The second kappa shape index (κ2) is 32.4. The molecule has 520 valence electrons. The van der Waals surface area contributed by atoms with E-state index in [1.807, 2.05) is 111 Å². The molecule has 0 radical (unpaired) electrons. The second-order valence-corrected chi connectivity index (χ2v) is 39.3. The number of aromatic nitrogens is 10. The SMILES string of the molecule is C=C(C)c1c(C2CCC(OCCOC)(C(=O)OCCOC)CC2)nc2c(-c3cnn(-c4ccccc4)c3)cnn2c1N(COCC[Si](C)(C)C)COCC[Si](C)(C)C.COCCOC1(C(=O)O)CCC(c2nc3c(-c4cnn(-c5ccccc5)c4)cnn3c3c2C(=O)CCC3)CC1. The summed E-state index contributed by atoms with van der Waals surface area (Å²) >= 11 is 0. The van der Waals surface area contributed by atoms with Gasteiger partial charge in [0.15, 0.2) is 28.3 Å². The maximum absolute atomic E-state index is 13.6. The fourth-order valence-corrected chi connectivity index (χ4v) is 14.5. The molecule has 23 nitrogen and oxygen atoms in total. The number of aliphatic carboxylic acids is 1. The van der Waals surface area contributed by atoms with Gasteiger partial charge < -0.3 is 47.9 Å². The number of esters is 1. The van der Waals surface area contributed by atoms with Crippen molar-refractivity contribution in [2.45, 2.75) is 152 Å². The molecule has 6 heterocycles. The van der Waals surface area contributed by atoms with Crippen molar-refractivity contribution in [3.63, 3.8) is 0 Å². The number of benzene rings is 2. The average molecular weight is 1360 g/mol. The normalized spacial score (nSPS) is 19.0. The summed E-state index contributed by atoms with van der Waals surface area (Å²) in [5.41, 5.74) is 9.42. The molecule has 0 saturated heterocycles. The highest BCUT2D eigenvalue weighted by Crippen LogP contribution is 2.46. The average Bonchev–Trinajstić information content (AvgIpc) is 1.64. The molecule has 2 aromatic carbocycles. The summed E-state index contributed by atoms with van der Waals surface area (Å²) in [5.74, 6) is -0.470. The molecule has 3 aliphatic rings. The Hall–Kier alpha value is -7.60. The summed E-state index contributed by atoms with van der Waals surface area (Å²) in [6, 6.07) is 22.0. The van der Waals surface area contributed by atoms with Crippen LogP contribution in [0.25, 0.3) is 50.5 Å². The van der Waals surface area contributed by atoms with E-state index in [2.05, 4.69) is 61.0 Å². The minimum Gasteiger partial charge on any atom is -0.479 e. The van der Waals surface area contributed by atoms with Gasteiger partial charge in [-0.2, -0.15) is 24.9 Å². The molecule has 0 unspecified atom stereocenters. The molecule has 0 atom stereocenters. The van der Waals surface area contributed by atoms with Gasteiger partial charge in [-0.3, -0.25) is 4.79 Å². The Morgan fingerprint density at radius 2 is 1.08 bits per heavy atom. The number of methoxy groups -OCH3 is 3. The summed E-state index contributed by atoms with van der Waals surface area (Å²) in [4.78, 5) is 51.8. The molecule has 1 N–H and O–H groups in total. The molecule has 97 heavy (non-hydrogen) atoms. The number of carbonyl (C=O) groups excluding carboxylic acids is 2. The van der Waals surface area contributed by atoms with E-state index in [4.69, 9.17) is 58.1 Å². The Bertz CT molecular complexity index is 3930. The zero-order valence-corrected chi connectivity index (χ0v) is 60.2. The number of ketones is 1. The Labute approximate surface area is 570 Å². The van der Waals surface area contributed by atoms with Gasteiger partial charge in [-0.1, -0.05) is 82.3 Å². The molecule has 11 rings (SSSR count). The topological polar surface area (TPSA) is 245 Å². The van der Waals surface area contributed by atoms with Gasteiger partial charge in [0.05, 0.1) is 91.8 Å². The van der Waals surface area contributed by atoms with Crippen molar-refractivity contribution < 1.29 is 57.4 Å².